The summed E-state index contributed by atoms with van der Waals surface area (Å²) >= 11 is 1.32. The molecule has 0 spiro atoms. The molecule has 0 N–H and O–H groups in total. The Balaban J connectivity index is 1.67. The molecule has 0 saturated carbocycles. The standard InChI is InChI=1S/C22H19N3O2S/c1-3-27-18-7-5-4-6-17(18)14-19-21(26)25-22(28-19)23-20(24-25)13-12-16-10-8-15(2)9-11-16/h4-14H,3H2,1-2H3/b13-12+,19-14+. The molecule has 6 heteroatoms. The Morgan fingerprint density at radius 3 is 2.64 bits per heavy atom. The largest absolute Gasteiger partial charge is 0.493 e. The Morgan fingerprint density at radius 1 is 1.11 bits per heavy atom. The molecule has 0 aliphatic rings. The number of nitrogens with zero attached hydrogens (tertiary/aromatic N) is 3. The summed E-state index contributed by atoms with van der Waals surface area (Å²) < 4.78 is 7.56. The molecule has 0 atom stereocenters. The molecule has 28 heavy (non-hydrogen) atoms. The Morgan fingerprint density at radius 2 is 1.89 bits per heavy atom. The van der Waals surface area contributed by atoms with Gasteiger partial charge in [0.05, 0.1) is 11.1 Å². The molecule has 0 aliphatic carbocycles. The second kappa shape index (κ2) is 7.78. The zero-order valence-corrected chi connectivity index (χ0v) is 16.4. The molecule has 0 aliphatic heterocycles. The van der Waals surface area contributed by atoms with Crippen LogP contribution in [0.2, 0.25) is 0 Å². The van der Waals surface area contributed by atoms with Gasteiger partial charge in [0.1, 0.15) is 5.75 Å². The third kappa shape index (κ3) is 3.73. The van der Waals surface area contributed by atoms with Gasteiger partial charge in [-0.3, -0.25) is 4.79 Å². The lowest BCUT2D eigenvalue weighted by Crippen LogP contribution is -2.23. The normalized spacial score (nSPS) is 12.3. The lowest BCUT2D eigenvalue weighted by atomic mass is 10.1. The summed E-state index contributed by atoms with van der Waals surface area (Å²) in [6.07, 6.45) is 5.59. The zero-order chi connectivity index (χ0) is 19.5. The first-order valence-electron chi connectivity index (χ1n) is 9.02. The number of hydrogen-bond acceptors (Lipinski definition) is 5. The zero-order valence-electron chi connectivity index (χ0n) is 15.6. The Labute approximate surface area is 166 Å². The molecule has 0 amide bonds. The quantitative estimate of drug-likeness (QED) is 0.524. The number of para-hydroxylation sites is 1. The maximum atomic E-state index is 12.7. The predicted molar refractivity (Wildman–Crippen MR) is 114 cm³/mol. The fourth-order valence-electron chi connectivity index (χ4n) is 2.80. The highest BCUT2D eigenvalue weighted by atomic mass is 32.1. The predicted octanol–water partition coefficient (Wildman–Crippen LogP) is 3.58. The molecular formula is C22H19N3O2S. The highest BCUT2D eigenvalue weighted by Gasteiger charge is 2.09. The van der Waals surface area contributed by atoms with Gasteiger partial charge in [-0.25, -0.2) is 0 Å². The molecule has 2 aromatic carbocycles. The van der Waals surface area contributed by atoms with E-state index in [0.717, 1.165) is 16.9 Å². The summed E-state index contributed by atoms with van der Waals surface area (Å²) in [4.78, 5) is 17.7. The van der Waals surface area contributed by atoms with E-state index in [1.165, 1.54) is 21.4 Å². The summed E-state index contributed by atoms with van der Waals surface area (Å²) in [5, 5.41) is 4.33. The molecule has 4 aromatic rings. The molecule has 0 radical (unpaired) electrons. The Kier molecular flexibility index (Phi) is 5.04. The third-order valence-electron chi connectivity index (χ3n) is 4.21. The van der Waals surface area contributed by atoms with Crippen LogP contribution >= 0.6 is 11.3 Å². The number of thiazole rings is 1. The van der Waals surface area contributed by atoms with E-state index in [2.05, 4.69) is 29.1 Å². The number of hydrogen-bond donors (Lipinski definition) is 0. The molecule has 0 saturated heterocycles. The molecule has 2 aromatic heterocycles. The van der Waals surface area contributed by atoms with Crippen molar-refractivity contribution in [2.24, 2.45) is 0 Å². The van der Waals surface area contributed by atoms with Crippen molar-refractivity contribution in [1.82, 2.24) is 14.6 Å². The fourth-order valence-corrected chi connectivity index (χ4v) is 3.70. The van der Waals surface area contributed by atoms with Crippen molar-refractivity contribution in [2.45, 2.75) is 13.8 Å². The SMILES string of the molecule is CCOc1ccccc1/C=c1/sc2nc(/C=C/c3ccc(C)cc3)nn2c1=O. The van der Waals surface area contributed by atoms with Crippen molar-refractivity contribution < 1.29 is 4.74 Å². The summed E-state index contributed by atoms with van der Waals surface area (Å²) in [6.45, 7) is 4.56. The smallest absolute Gasteiger partial charge is 0.291 e. The topological polar surface area (TPSA) is 56.5 Å². The van der Waals surface area contributed by atoms with Crippen LogP contribution in [-0.4, -0.2) is 21.2 Å². The average Bonchev–Trinajstić information content (AvgIpc) is 3.22. The second-order valence-electron chi connectivity index (χ2n) is 6.30. The molecule has 0 unspecified atom stereocenters. The molecule has 5 nitrogen and oxygen atoms in total. The summed E-state index contributed by atoms with van der Waals surface area (Å²) in [7, 11) is 0. The van der Waals surface area contributed by atoms with Gasteiger partial charge in [0.25, 0.3) is 5.56 Å². The van der Waals surface area contributed by atoms with E-state index < -0.39 is 0 Å². The average molecular weight is 389 g/mol. The Hall–Kier alpha value is -3.25. The number of aryl methyl sites for hydroxylation is 1. The molecular weight excluding hydrogens is 370 g/mol. The van der Waals surface area contributed by atoms with Crippen LogP contribution in [0.25, 0.3) is 23.2 Å². The molecule has 4 rings (SSSR count). The van der Waals surface area contributed by atoms with Crippen LogP contribution in [0.1, 0.15) is 29.4 Å². The van der Waals surface area contributed by atoms with Gasteiger partial charge in [-0.15, -0.1) is 5.10 Å². The first kappa shape index (κ1) is 18.1. The number of benzene rings is 2. The van der Waals surface area contributed by atoms with E-state index in [9.17, 15) is 4.79 Å². The fraction of sp³-hybridized carbons (Fsp3) is 0.136. The lowest BCUT2D eigenvalue weighted by molar-refractivity contribution is 0.339. The summed E-state index contributed by atoms with van der Waals surface area (Å²) in [5.41, 5.74) is 2.97. The van der Waals surface area contributed by atoms with E-state index in [1.54, 1.807) is 0 Å². The minimum atomic E-state index is -0.172. The first-order valence-corrected chi connectivity index (χ1v) is 9.83. The van der Waals surface area contributed by atoms with Gasteiger partial charge in [-0.2, -0.15) is 9.50 Å². The van der Waals surface area contributed by atoms with E-state index in [1.807, 2.05) is 61.5 Å². The highest BCUT2D eigenvalue weighted by molar-refractivity contribution is 7.15. The van der Waals surface area contributed by atoms with Crippen LogP contribution in [0.15, 0.2) is 53.3 Å². The van der Waals surface area contributed by atoms with Gasteiger partial charge < -0.3 is 4.74 Å². The van der Waals surface area contributed by atoms with Crippen molar-refractivity contribution in [1.29, 1.82) is 0 Å². The van der Waals surface area contributed by atoms with E-state index in [4.69, 9.17) is 4.74 Å². The first-order chi connectivity index (χ1) is 13.6. The number of rotatable bonds is 5. The van der Waals surface area contributed by atoms with E-state index in [0.29, 0.717) is 21.9 Å². The minimum Gasteiger partial charge on any atom is -0.493 e. The maximum absolute atomic E-state index is 12.7. The van der Waals surface area contributed by atoms with Crippen molar-refractivity contribution in [3.05, 3.63) is 85.9 Å². The molecule has 140 valence electrons. The minimum absolute atomic E-state index is 0.172. The van der Waals surface area contributed by atoms with Crippen LogP contribution in [0, 0.1) is 6.92 Å². The van der Waals surface area contributed by atoms with Gasteiger partial charge in [0, 0.05) is 5.56 Å². The lowest BCUT2D eigenvalue weighted by Gasteiger charge is -2.05. The van der Waals surface area contributed by atoms with Crippen LogP contribution in [0.5, 0.6) is 5.75 Å². The van der Waals surface area contributed by atoms with Gasteiger partial charge in [-0.05, 0) is 37.6 Å². The second-order valence-corrected chi connectivity index (χ2v) is 7.30. The van der Waals surface area contributed by atoms with Crippen molar-refractivity contribution in [3.8, 4) is 5.75 Å². The van der Waals surface area contributed by atoms with Crippen molar-refractivity contribution >= 4 is 34.5 Å². The Bertz CT molecular complexity index is 1250. The van der Waals surface area contributed by atoms with E-state index in [-0.39, 0.29) is 5.56 Å². The van der Waals surface area contributed by atoms with Crippen LogP contribution in [-0.2, 0) is 0 Å². The van der Waals surface area contributed by atoms with Gasteiger partial charge >= 0.3 is 0 Å². The van der Waals surface area contributed by atoms with Gasteiger partial charge in [-0.1, -0.05) is 65.4 Å². The molecule has 0 bridgehead atoms. The molecule has 0 fully saturated rings. The molecule has 2 heterocycles. The van der Waals surface area contributed by atoms with Crippen LogP contribution < -0.4 is 14.8 Å². The monoisotopic (exact) mass is 389 g/mol. The number of aromatic nitrogens is 3. The maximum Gasteiger partial charge on any atom is 0.291 e. The van der Waals surface area contributed by atoms with Gasteiger partial charge in [0.15, 0.2) is 5.82 Å². The third-order valence-corrected chi connectivity index (χ3v) is 5.17. The van der Waals surface area contributed by atoms with Crippen molar-refractivity contribution in [3.63, 3.8) is 0 Å². The van der Waals surface area contributed by atoms with E-state index >= 15 is 0 Å². The van der Waals surface area contributed by atoms with Gasteiger partial charge in [0.2, 0.25) is 4.96 Å². The van der Waals surface area contributed by atoms with Crippen LogP contribution in [0.4, 0.5) is 0 Å². The summed E-state index contributed by atoms with van der Waals surface area (Å²) in [6, 6.07) is 15.8. The van der Waals surface area contributed by atoms with Crippen molar-refractivity contribution in [2.75, 3.05) is 6.61 Å². The highest BCUT2D eigenvalue weighted by Crippen LogP contribution is 2.18. The number of ether oxygens (including phenoxy) is 1. The summed E-state index contributed by atoms with van der Waals surface area (Å²) in [5.74, 6) is 1.27. The van der Waals surface area contributed by atoms with Crippen LogP contribution in [0.3, 0.4) is 0 Å². The number of fused-ring (bicyclic) bond motifs is 1.